The summed E-state index contributed by atoms with van der Waals surface area (Å²) < 4.78 is 36.9. The van der Waals surface area contributed by atoms with Crippen LogP contribution in [0, 0.1) is 11.6 Å². The maximum Gasteiger partial charge on any atom is 0.196 e. The second-order valence-corrected chi connectivity index (χ2v) is 4.00. The highest BCUT2D eigenvalue weighted by Gasteiger charge is 2.18. The Hall–Kier alpha value is -2.43. The van der Waals surface area contributed by atoms with Gasteiger partial charge in [0.2, 0.25) is 0 Å². The van der Waals surface area contributed by atoms with Crippen molar-refractivity contribution in [3.8, 4) is 11.5 Å². The molecule has 0 aliphatic rings. The summed E-state index contributed by atoms with van der Waals surface area (Å²) in [6.45, 7) is 0. The molecule has 0 fully saturated rings. The lowest BCUT2D eigenvalue weighted by Crippen LogP contribution is -2.06. The summed E-state index contributed by atoms with van der Waals surface area (Å²) in [6.07, 6.45) is 0. The molecule has 0 N–H and O–H groups in total. The Morgan fingerprint density at radius 3 is 2.35 bits per heavy atom. The molecule has 0 saturated heterocycles. The van der Waals surface area contributed by atoms with E-state index in [2.05, 4.69) is 0 Å². The molecule has 2 aromatic rings. The fourth-order valence-corrected chi connectivity index (χ4v) is 1.80. The molecule has 0 aromatic heterocycles. The summed E-state index contributed by atoms with van der Waals surface area (Å²) >= 11 is 0. The molecule has 2 aromatic carbocycles. The molecule has 0 amide bonds. The van der Waals surface area contributed by atoms with E-state index < -0.39 is 17.4 Å². The number of halogens is 2. The van der Waals surface area contributed by atoms with Gasteiger partial charge in [-0.1, -0.05) is 6.07 Å². The lowest BCUT2D eigenvalue weighted by Gasteiger charge is -2.08. The average molecular weight is 278 g/mol. The minimum Gasteiger partial charge on any atom is -0.494 e. The third-order valence-electron chi connectivity index (χ3n) is 2.84. The van der Waals surface area contributed by atoms with Gasteiger partial charge < -0.3 is 9.47 Å². The molecule has 104 valence electrons. The first-order valence-corrected chi connectivity index (χ1v) is 5.79. The van der Waals surface area contributed by atoms with Gasteiger partial charge in [-0.15, -0.1) is 0 Å². The van der Waals surface area contributed by atoms with Gasteiger partial charge in [-0.25, -0.2) is 8.78 Å². The smallest absolute Gasteiger partial charge is 0.196 e. The minimum absolute atomic E-state index is 0.0232. The summed E-state index contributed by atoms with van der Waals surface area (Å²) in [6, 6.07) is 7.88. The maximum atomic E-state index is 14.0. The summed E-state index contributed by atoms with van der Waals surface area (Å²) in [4.78, 5) is 12.2. The highest BCUT2D eigenvalue weighted by molar-refractivity contribution is 6.09. The summed E-state index contributed by atoms with van der Waals surface area (Å²) in [7, 11) is 2.60. The van der Waals surface area contributed by atoms with E-state index in [9.17, 15) is 13.6 Å². The van der Waals surface area contributed by atoms with Crippen LogP contribution in [0.3, 0.4) is 0 Å². The van der Waals surface area contributed by atoms with E-state index in [1.165, 1.54) is 44.6 Å². The Bertz CT molecular complexity index is 654. The normalized spacial score (nSPS) is 10.2. The number of hydrogen-bond acceptors (Lipinski definition) is 3. The van der Waals surface area contributed by atoms with Crippen molar-refractivity contribution < 1.29 is 23.0 Å². The second-order valence-electron chi connectivity index (χ2n) is 4.00. The summed E-state index contributed by atoms with van der Waals surface area (Å²) in [5, 5.41) is 0. The van der Waals surface area contributed by atoms with E-state index >= 15 is 0 Å². The predicted molar refractivity (Wildman–Crippen MR) is 69.3 cm³/mol. The molecular formula is C15H12F2O3. The quantitative estimate of drug-likeness (QED) is 0.806. The topological polar surface area (TPSA) is 35.5 Å². The summed E-state index contributed by atoms with van der Waals surface area (Å²) in [5.41, 5.74) is -0.00610. The van der Waals surface area contributed by atoms with E-state index in [-0.39, 0.29) is 22.6 Å². The van der Waals surface area contributed by atoms with Crippen LogP contribution < -0.4 is 9.47 Å². The first-order chi connectivity index (χ1) is 9.58. The third kappa shape index (κ3) is 2.47. The zero-order chi connectivity index (χ0) is 14.7. The Morgan fingerprint density at radius 2 is 1.70 bits per heavy atom. The molecule has 0 aliphatic carbocycles. The highest BCUT2D eigenvalue weighted by atomic mass is 19.1. The van der Waals surface area contributed by atoms with Crippen molar-refractivity contribution in [2.24, 2.45) is 0 Å². The van der Waals surface area contributed by atoms with Crippen LogP contribution >= 0.6 is 0 Å². The first kappa shape index (κ1) is 14.0. The van der Waals surface area contributed by atoms with Gasteiger partial charge in [0.15, 0.2) is 28.9 Å². The van der Waals surface area contributed by atoms with E-state index in [0.717, 1.165) is 6.07 Å². The minimum atomic E-state index is -0.747. The van der Waals surface area contributed by atoms with Gasteiger partial charge in [0.25, 0.3) is 0 Å². The van der Waals surface area contributed by atoms with Crippen molar-refractivity contribution >= 4 is 5.78 Å². The number of methoxy groups -OCH3 is 2. The van der Waals surface area contributed by atoms with Gasteiger partial charge in [-0.2, -0.15) is 0 Å². The van der Waals surface area contributed by atoms with Crippen molar-refractivity contribution in [2.75, 3.05) is 14.2 Å². The van der Waals surface area contributed by atoms with Crippen LogP contribution in [0.1, 0.15) is 15.9 Å². The molecule has 0 aliphatic heterocycles. The number of rotatable bonds is 4. The number of ether oxygens (including phenoxy) is 2. The van der Waals surface area contributed by atoms with E-state index in [0.29, 0.717) is 0 Å². The van der Waals surface area contributed by atoms with Crippen LogP contribution in [0.5, 0.6) is 11.5 Å². The molecule has 0 bridgehead atoms. The second kappa shape index (κ2) is 5.69. The standard InChI is InChI=1S/C15H12F2O3/c1-19-12-5-3-4-10(14(12)17)15(18)9-6-7-11(16)13(8-9)20-2/h3-8H,1-2H3. The van der Waals surface area contributed by atoms with Gasteiger partial charge in [0.05, 0.1) is 19.8 Å². The van der Waals surface area contributed by atoms with Gasteiger partial charge in [-0.3, -0.25) is 4.79 Å². The molecule has 0 atom stereocenters. The Morgan fingerprint density at radius 1 is 1.00 bits per heavy atom. The van der Waals surface area contributed by atoms with E-state index in [1.54, 1.807) is 0 Å². The van der Waals surface area contributed by atoms with Crippen LogP contribution in [0.15, 0.2) is 36.4 Å². The van der Waals surface area contributed by atoms with Crippen molar-refractivity contribution in [1.29, 1.82) is 0 Å². The van der Waals surface area contributed by atoms with Crippen molar-refractivity contribution in [3.63, 3.8) is 0 Å². The maximum absolute atomic E-state index is 14.0. The van der Waals surface area contributed by atoms with Gasteiger partial charge >= 0.3 is 0 Å². The lowest BCUT2D eigenvalue weighted by molar-refractivity contribution is 0.103. The number of hydrogen-bond donors (Lipinski definition) is 0. The zero-order valence-electron chi connectivity index (χ0n) is 10.9. The SMILES string of the molecule is COc1cc(C(=O)c2cccc(OC)c2F)ccc1F. The molecule has 2 rings (SSSR count). The molecule has 0 spiro atoms. The molecule has 0 heterocycles. The molecule has 5 heteroatoms. The van der Waals surface area contributed by atoms with E-state index in [4.69, 9.17) is 9.47 Å². The molecule has 0 saturated carbocycles. The van der Waals surface area contributed by atoms with E-state index in [1.807, 2.05) is 0 Å². The number of carbonyl (C=O) groups is 1. The molecule has 0 unspecified atom stereocenters. The van der Waals surface area contributed by atoms with Crippen molar-refractivity contribution in [2.45, 2.75) is 0 Å². The van der Waals surface area contributed by atoms with Gasteiger partial charge in [0, 0.05) is 5.56 Å². The van der Waals surface area contributed by atoms with Crippen LogP contribution in [0.2, 0.25) is 0 Å². The Balaban J connectivity index is 2.46. The Labute approximate surface area is 114 Å². The van der Waals surface area contributed by atoms with Crippen LogP contribution in [-0.2, 0) is 0 Å². The first-order valence-electron chi connectivity index (χ1n) is 5.79. The largest absolute Gasteiger partial charge is 0.494 e. The van der Waals surface area contributed by atoms with Gasteiger partial charge in [-0.05, 0) is 30.3 Å². The third-order valence-corrected chi connectivity index (χ3v) is 2.84. The molecule has 20 heavy (non-hydrogen) atoms. The zero-order valence-corrected chi connectivity index (χ0v) is 10.9. The van der Waals surface area contributed by atoms with Crippen LogP contribution in [-0.4, -0.2) is 20.0 Å². The lowest BCUT2D eigenvalue weighted by atomic mass is 10.0. The molecule has 3 nitrogen and oxygen atoms in total. The highest BCUT2D eigenvalue weighted by Crippen LogP contribution is 2.25. The van der Waals surface area contributed by atoms with Gasteiger partial charge in [0.1, 0.15) is 0 Å². The fourth-order valence-electron chi connectivity index (χ4n) is 1.80. The fraction of sp³-hybridized carbons (Fsp3) is 0.133. The molecular weight excluding hydrogens is 266 g/mol. The van der Waals surface area contributed by atoms with Crippen molar-refractivity contribution in [3.05, 3.63) is 59.2 Å². The summed E-state index contributed by atoms with van der Waals surface area (Å²) in [5.74, 6) is -2.00. The Kier molecular flexibility index (Phi) is 3.98. The molecule has 0 radical (unpaired) electrons. The number of ketones is 1. The monoisotopic (exact) mass is 278 g/mol. The van der Waals surface area contributed by atoms with Crippen molar-refractivity contribution in [1.82, 2.24) is 0 Å². The number of carbonyl (C=O) groups excluding carboxylic acids is 1. The average Bonchev–Trinajstić information content (AvgIpc) is 2.47. The van der Waals surface area contributed by atoms with Crippen LogP contribution in [0.25, 0.3) is 0 Å². The number of benzene rings is 2. The predicted octanol–water partition coefficient (Wildman–Crippen LogP) is 3.21. The van der Waals surface area contributed by atoms with Crippen LogP contribution in [0.4, 0.5) is 8.78 Å².